The number of anilines is 1. The number of amides is 2. The first-order valence-electron chi connectivity index (χ1n) is 10.7. The zero-order valence-electron chi connectivity index (χ0n) is 17.5. The zero-order chi connectivity index (χ0) is 21.7. The molecule has 3 N–H and O–H groups in total. The number of nitrogens with one attached hydrogen (secondary N) is 1. The molecule has 2 aliphatic rings. The SMILES string of the molecule is CN(C1CCCCC1)S(=O)(=O)c1ccc(NC(=O)CN2CCC(C(N)=O)CC2)cc1. The molecule has 2 amide bonds. The average molecular weight is 437 g/mol. The first-order chi connectivity index (χ1) is 14.3. The van der Waals surface area contributed by atoms with Crippen molar-refractivity contribution in [1.29, 1.82) is 0 Å². The minimum absolute atomic E-state index is 0.0573. The fraction of sp³-hybridized carbons (Fsp3) is 0.619. The van der Waals surface area contributed by atoms with Gasteiger partial charge in [-0.15, -0.1) is 0 Å². The summed E-state index contributed by atoms with van der Waals surface area (Å²) in [6, 6.07) is 6.39. The molecular weight excluding hydrogens is 404 g/mol. The lowest BCUT2D eigenvalue weighted by Gasteiger charge is -2.30. The third-order valence-electron chi connectivity index (χ3n) is 6.26. The molecular formula is C21H32N4O4S. The quantitative estimate of drug-likeness (QED) is 0.676. The van der Waals surface area contributed by atoms with Crippen molar-refractivity contribution in [3.63, 3.8) is 0 Å². The fourth-order valence-corrected chi connectivity index (χ4v) is 5.71. The van der Waals surface area contributed by atoms with E-state index in [2.05, 4.69) is 5.32 Å². The van der Waals surface area contributed by atoms with Gasteiger partial charge in [-0.3, -0.25) is 14.5 Å². The summed E-state index contributed by atoms with van der Waals surface area (Å²) in [5, 5.41) is 2.81. The molecule has 1 saturated carbocycles. The smallest absolute Gasteiger partial charge is 0.243 e. The summed E-state index contributed by atoms with van der Waals surface area (Å²) in [6.07, 6.45) is 6.45. The van der Waals surface area contributed by atoms with Gasteiger partial charge >= 0.3 is 0 Å². The van der Waals surface area contributed by atoms with E-state index in [9.17, 15) is 18.0 Å². The van der Waals surface area contributed by atoms with E-state index >= 15 is 0 Å². The third kappa shape index (κ3) is 5.59. The number of benzene rings is 1. The molecule has 30 heavy (non-hydrogen) atoms. The van der Waals surface area contributed by atoms with Gasteiger partial charge in [0.2, 0.25) is 21.8 Å². The van der Waals surface area contributed by atoms with E-state index < -0.39 is 10.0 Å². The maximum absolute atomic E-state index is 12.9. The lowest BCUT2D eigenvalue weighted by atomic mass is 9.96. The Balaban J connectivity index is 1.53. The molecule has 0 radical (unpaired) electrons. The largest absolute Gasteiger partial charge is 0.369 e. The summed E-state index contributed by atoms with van der Waals surface area (Å²) in [4.78, 5) is 25.8. The highest BCUT2D eigenvalue weighted by molar-refractivity contribution is 7.89. The third-order valence-corrected chi connectivity index (χ3v) is 8.19. The number of likely N-dealkylation sites (tertiary alicyclic amines) is 1. The normalized spacial score (nSPS) is 19.7. The van der Waals surface area contributed by atoms with E-state index in [0.29, 0.717) is 31.6 Å². The minimum Gasteiger partial charge on any atom is -0.369 e. The number of rotatable bonds is 7. The van der Waals surface area contributed by atoms with Gasteiger partial charge < -0.3 is 11.1 Å². The number of piperidine rings is 1. The number of nitrogens with two attached hydrogens (primary N) is 1. The van der Waals surface area contributed by atoms with Crippen molar-refractivity contribution in [2.75, 3.05) is 32.0 Å². The van der Waals surface area contributed by atoms with Crippen molar-refractivity contribution in [2.45, 2.75) is 55.9 Å². The summed E-state index contributed by atoms with van der Waals surface area (Å²) < 4.78 is 27.3. The summed E-state index contributed by atoms with van der Waals surface area (Å²) >= 11 is 0. The van der Waals surface area contributed by atoms with Crippen LogP contribution in [0.15, 0.2) is 29.2 Å². The molecule has 1 aliphatic carbocycles. The van der Waals surface area contributed by atoms with Crippen LogP contribution in [0.2, 0.25) is 0 Å². The monoisotopic (exact) mass is 436 g/mol. The fourth-order valence-electron chi connectivity index (χ4n) is 4.30. The standard InChI is InChI=1S/C21H32N4O4S/c1-24(18-5-3-2-4-6-18)30(28,29)19-9-7-17(8-10-19)23-20(26)15-25-13-11-16(12-14-25)21(22)27/h7-10,16,18H,2-6,11-15H2,1H3,(H2,22,27)(H,23,26). The average Bonchev–Trinajstić information content (AvgIpc) is 2.74. The Labute approximate surface area is 178 Å². The molecule has 1 aromatic carbocycles. The van der Waals surface area contributed by atoms with Crippen molar-refractivity contribution in [3.8, 4) is 0 Å². The second-order valence-electron chi connectivity index (χ2n) is 8.34. The molecule has 1 heterocycles. The number of primary amides is 1. The molecule has 8 nitrogen and oxygen atoms in total. The first kappa shape index (κ1) is 22.7. The Morgan fingerprint density at radius 2 is 1.67 bits per heavy atom. The molecule has 1 aromatic rings. The van der Waals surface area contributed by atoms with Crippen LogP contribution in [0, 0.1) is 5.92 Å². The van der Waals surface area contributed by atoms with Crippen LogP contribution in [0.1, 0.15) is 44.9 Å². The minimum atomic E-state index is -3.54. The van der Waals surface area contributed by atoms with E-state index in [1.54, 1.807) is 31.3 Å². The van der Waals surface area contributed by atoms with Crippen LogP contribution >= 0.6 is 0 Å². The van der Waals surface area contributed by atoms with E-state index in [-0.39, 0.29) is 35.2 Å². The molecule has 0 spiro atoms. The van der Waals surface area contributed by atoms with Gasteiger partial charge in [0, 0.05) is 24.7 Å². The first-order valence-corrected chi connectivity index (χ1v) is 12.1. The Bertz CT molecular complexity index is 842. The van der Waals surface area contributed by atoms with Crippen LogP contribution in [0.3, 0.4) is 0 Å². The molecule has 0 atom stereocenters. The van der Waals surface area contributed by atoms with Crippen LogP contribution in [-0.2, 0) is 19.6 Å². The Morgan fingerprint density at radius 3 is 2.23 bits per heavy atom. The van der Waals surface area contributed by atoms with Crippen molar-refractivity contribution in [2.24, 2.45) is 11.7 Å². The van der Waals surface area contributed by atoms with Crippen molar-refractivity contribution in [1.82, 2.24) is 9.21 Å². The Morgan fingerprint density at radius 1 is 1.07 bits per heavy atom. The molecule has 1 saturated heterocycles. The van der Waals surface area contributed by atoms with Gasteiger partial charge in [-0.1, -0.05) is 19.3 Å². The summed E-state index contributed by atoms with van der Waals surface area (Å²) in [5.41, 5.74) is 5.90. The number of hydrogen-bond acceptors (Lipinski definition) is 5. The van der Waals surface area contributed by atoms with Crippen molar-refractivity contribution < 1.29 is 18.0 Å². The van der Waals surface area contributed by atoms with Gasteiger partial charge in [0.15, 0.2) is 0 Å². The predicted molar refractivity (Wildman–Crippen MR) is 115 cm³/mol. The van der Waals surface area contributed by atoms with Crippen LogP contribution in [0.25, 0.3) is 0 Å². The maximum atomic E-state index is 12.9. The van der Waals surface area contributed by atoms with Crippen molar-refractivity contribution >= 4 is 27.5 Å². The molecule has 9 heteroatoms. The maximum Gasteiger partial charge on any atom is 0.243 e. The number of hydrogen-bond donors (Lipinski definition) is 2. The molecule has 0 bridgehead atoms. The molecule has 0 aromatic heterocycles. The molecule has 1 aliphatic heterocycles. The molecule has 166 valence electrons. The summed E-state index contributed by atoms with van der Waals surface area (Å²) in [7, 11) is -1.89. The van der Waals surface area contributed by atoms with Crippen LogP contribution in [0.5, 0.6) is 0 Å². The summed E-state index contributed by atoms with van der Waals surface area (Å²) in [6.45, 7) is 1.55. The van der Waals surface area contributed by atoms with Crippen molar-refractivity contribution in [3.05, 3.63) is 24.3 Å². The van der Waals surface area contributed by atoms with Gasteiger partial charge in [0.1, 0.15) is 0 Å². The molecule has 0 unspecified atom stereocenters. The number of sulfonamides is 1. The highest BCUT2D eigenvalue weighted by atomic mass is 32.2. The Hall–Kier alpha value is -1.97. The summed E-state index contributed by atoms with van der Waals surface area (Å²) in [5.74, 6) is -0.545. The molecule has 3 rings (SSSR count). The lowest BCUT2D eigenvalue weighted by molar-refractivity contribution is -0.123. The van der Waals surface area contributed by atoms with E-state index in [0.717, 1.165) is 25.7 Å². The predicted octanol–water partition coefficient (Wildman–Crippen LogP) is 1.78. The highest BCUT2D eigenvalue weighted by Crippen LogP contribution is 2.27. The van der Waals surface area contributed by atoms with Gasteiger partial charge in [0.05, 0.1) is 11.4 Å². The van der Waals surface area contributed by atoms with E-state index in [1.807, 2.05) is 4.90 Å². The van der Waals surface area contributed by atoms with Gasteiger partial charge in [-0.25, -0.2) is 8.42 Å². The van der Waals surface area contributed by atoms with Crippen LogP contribution < -0.4 is 11.1 Å². The van der Waals surface area contributed by atoms with E-state index in [1.165, 1.54) is 10.7 Å². The van der Waals surface area contributed by atoms with Gasteiger partial charge in [0.25, 0.3) is 0 Å². The zero-order valence-corrected chi connectivity index (χ0v) is 18.4. The second-order valence-corrected chi connectivity index (χ2v) is 10.3. The topological polar surface area (TPSA) is 113 Å². The lowest BCUT2D eigenvalue weighted by Crippen LogP contribution is -2.42. The second kappa shape index (κ2) is 9.89. The van der Waals surface area contributed by atoms with Crippen LogP contribution in [-0.4, -0.2) is 62.2 Å². The Kier molecular flexibility index (Phi) is 7.49. The number of carbonyl (C=O) groups excluding carboxylic acids is 2. The number of carbonyl (C=O) groups is 2. The van der Waals surface area contributed by atoms with E-state index in [4.69, 9.17) is 5.73 Å². The number of nitrogens with zero attached hydrogens (tertiary/aromatic N) is 2. The highest BCUT2D eigenvalue weighted by Gasteiger charge is 2.29. The van der Waals surface area contributed by atoms with Gasteiger partial charge in [-0.05, 0) is 63.0 Å². The molecule has 2 fully saturated rings. The van der Waals surface area contributed by atoms with Gasteiger partial charge in [-0.2, -0.15) is 4.31 Å². The van der Waals surface area contributed by atoms with Crippen LogP contribution in [0.4, 0.5) is 5.69 Å².